The van der Waals surface area contributed by atoms with Gasteiger partial charge in [0.1, 0.15) is 0 Å². The van der Waals surface area contributed by atoms with Gasteiger partial charge in [0, 0.05) is 16.8 Å². The first kappa shape index (κ1) is 16.1. The first-order valence-corrected chi connectivity index (χ1v) is 9.39. The number of alkyl halides is 1. The highest BCUT2D eigenvalue weighted by Gasteiger charge is 2.19. The summed E-state index contributed by atoms with van der Waals surface area (Å²) in [6.07, 6.45) is 0. The van der Waals surface area contributed by atoms with E-state index in [0.29, 0.717) is 0 Å². The molecule has 1 heterocycles. The lowest BCUT2D eigenvalue weighted by Crippen LogP contribution is -2.22. The number of fused-ring (bicyclic) bond motifs is 2. The number of rotatable bonds is 2. The lowest BCUT2D eigenvalue weighted by molar-refractivity contribution is 1.02. The summed E-state index contributed by atoms with van der Waals surface area (Å²) in [5.41, 5.74) is 5.99. The normalized spacial score (nSPS) is 15.7. The second kappa shape index (κ2) is 6.57. The van der Waals surface area contributed by atoms with E-state index in [1.165, 1.54) is 21.9 Å². The first-order valence-electron chi connectivity index (χ1n) is 8.95. The third-order valence-corrected chi connectivity index (χ3v) is 5.12. The molecule has 1 N–H and O–H groups in total. The monoisotopic (exact) mass is 368 g/mol. The van der Waals surface area contributed by atoms with Crippen LogP contribution < -0.4 is 5.32 Å². The van der Waals surface area contributed by atoms with Gasteiger partial charge in [-0.15, -0.1) is 0 Å². The molecule has 0 aromatic heterocycles. The Hall–Kier alpha value is -3.10. The largest absolute Gasteiger partial charge is 0.351 e. The zero-order valence-corrected chi connectivity index (χ0v) is 15.3. The number of hydrogen-bond acceptors (Lipinski definition) is 2. The van der Waals surface area contributed by atoms with E-state index in [-0.39, 0.29) is 0 Å². The third kappa shape index (κ3) is 2.98. The number of para-hydroxylation sites is 1. The van der Waals surface area contributed by atoms with Crippen LogP contribution in [0.4, 0.5) is 5.69 Å². The molecule has 0 fully saturated rings. The minimum Gasteiger partial charge on any atom is -0.351 e. The second-order valence-electron chi connectivity index (χ2n) is 6.65. The summed E-state index contributed by atoms with van der Waals surface area (Å²) in [7, 11) is 0. The van der Waals surface area contributed by atoms with Crippen molar-refractivity contribution >= 4 is 33.8 Å². The predicted octanol–water partition coefficient (Wildman–Crippen LogP) is 6.29. The predicted molar refractivity (Wildman–Crippen MR) is 115 cm³/mol. The molecule has 5 rings (SSSR count). The molecule has 1 atom stereocenters. The van der Waals surface area contributed by atoms with Crippen LogP contribution in [-0.2, 0) is 0 Å². The average molecular weight is 369 g/mol. The Morgan fingerprint density at radius 3 is 2.33 bits per heavy atom. The van der Waals surface area contributed by atoms with Gasteiger partial charge in [0.05, 0.1) is 5.71 Å². The van der Waals surface area contributed by atoms with Gasteiger partial charge >= 0.3 is 0 Å². The van der Waals surface area contributed by atoms with E-state index in [1.54, 1.807) is 0 Å². The molecule has 130 valence electrons. The van der Waals surface area contributed by atoms with E-state index < -0.39 is 5.62 Å². The van der Waals surface area contributed by atoms with Gasteiger partial charge in [-0.25, -0.2) is 4.99 Å². The molecule has 1 aliphatic heterocycles. The maximum Gasteiger partial charge on any atom is 0.196 e. The molecule has 0 aliphatic carbocycles. The number of benzene rings is 4. The van der Waals surface area contributed by atoms with Crippen molar-refractivity contribution in [3.8, 4) is 11.1 Å². The van der Waals surface area contributed by atoms with Crippen LogP contribution in [0.25, 0.3) is 21.9 Å². The molecule has 4 aromatic carbocycles. The molecule has 0 radical (unpaired) electrons. The molecule has 0 spiro atoms. The minimum atomic E-state index is -0.459. The van der Waals surface area contributed by atoms with Crippen molar-refractivity contribution in [2.75, 3.05) is 5.32 Å². The van der Waals surface area contributed by atoms with E-state index in [4.69, 9.17) is 11.6 Å². The highest BCUT2D eigenvalue weighted by atomic mass is 35.5. The van der Waals surface area contributed by atoms with Gasteiger partial charge in [0.15, 0.2) is 5.62 Å². The molecule has 4 aromatic rings. The number of anilines is 1. The van der Waals surface area contributed by atoms with Gasteiger partial charge in [0.25, 0.3) is 0 Å². The first-order chi connectivity index (χ1) is 13.3. The summed E-state index contributed by atoms with van der Waals surface area (Å²) in [6, 6.07) is 31.6. The van der Waals surface area contributed by atoms with Gasteiger partial charge in [0.2, 0.25) is 0 Å². The van der Waals surface area contributed by atoms with Crippen molar-refractivity contribution in [2.45, 2.75) is 5.62 Å². The molecular formula is C24H17ClN2. The van der Waals surface area contributed by atoms with Crippen LogP contribution in [0.5, 0.6) is 0 Å². The summed E-state index contributed by atoms with van der Waals surface area (Å²) >= 11 is 6.31. The lowest BCUT2D eigenvalue weighted by atomic mass is 9.95. The van der Waals surface area contributed by atoms with E-state index in [0.717, 1.165) is 22.5 Å². The Balaban J connectivity index is 1.61. The Bertz CT molecular complexity index is 1180. The van der Waals surface area contributed by atoms with E-state index in [1.807, 2.05) is 18.2 Å². The highest BCUT2D eigenvalue weighted by molar-refractivity contribution is 6.26. The standard InChI is InChI=1S/C24H17ClN2/c25-24-26-22-11-4-3-10-21(22)23(27-24)20-9-5-8-18(15-20)19-13-12-16-6-1-2-7-17(16)14-19/h1-15,24,26H. The molecule has 3 heteroatoms. The maximum atomic E-state index is 6.31. The van der Waals surface area contributed by atoms with Crippen LogP contribution in [0.3, 0.4) is 0 Å². The lowest BCUT2D eigenvalue weighted by Gasteiger charge is -2.22. The number of aliphatic imine (C=N–C) groups is 1. The van der Waals surface area contributed by atoms with Gasteiger partial charge in [-0.05, 0) is 40.1 Å². The van der Waals surface area contributed by atoms with E-state index in [9.17, 15) is 0 Å². The molecule has 27 heavy (non-hydrogen) atoms. The maximum absolute atomic E-state index is 6.31. The third-order valence-electron chi connectivity index (χ3n) is 4.92. The van der Waals surface area contributed by atoms with Crippen molar-refractivity contribution in [3.05, 3.63) is 102 Å². The molecule has 0 saturated carbocycles. The topological polar surface area (TPSA) is 24.4 Å². The molecule has 2 nitrogen and oxygen atoms in total. The Kier molecular flexibility index (Phi) is 3.92. The van der Waals surface area contributed by atoms with Gasteiger partial charge in [-0.1, -0.05) is 84.4 Å². The molecule has 0 amide bonds. The van der Waals surface area contributed by atoms with Crippen LogP contribution in [0, 0.1) is 0 Å². The molecule has 0 bridgehead atoms. The van der Waals surface area contributed by atoms with Gasteiger partial charge in [-0.3, -0.25) is 0 Å². The van der Waals surface area contributed by atoms with E-state index in [2.05, 4.69) is 83.1 Å². The van der Waals surface area contributed by atoms with Crippen LogP contribution in [0.2, 0.25) is 0 Å². The van der Waals surface area contributed by atoms with Crippen molar-refractivity contribution in [1.29, 1.82) is 0 Å². The van der Waals surface area contributed by atoms with Crippen LogP contribution in [0.1, 0.15) is 11.1 Å². The molecule has 0 saturated heterocycles. The minimum absolute atomic E-state index is 0.459. The number of halogens is 1. The summed E-state index contributed by atoms with van der Waals surface area (Å²) in [6.45, 7) is 0. The molecule has 1 aliphatic rings. The van der Waals surface area contributed by atoms with Crippen molar-refractivity contribution in [1.82, 2.24) is 0 Å². The van der Waals surface area contributed by atoms with Gasteiger partial charge in [-0.2, -0.15) is 0 Å². The van der Waals surface area contributed by atoms with E-state index >= 15 is 0 Å². The smallest absolute Gasteiger partial charge is 0.196 e. The van der Waals surface area contributed by atoms with Crippen LogP contribution >= 0.6 is 11.6 Å². The Morgan fingerprint density at radius 1 is 0.667 bits per heavy atom. The fourth-order valence-electron chi connectivity index (χ4n) is 3.60. The highest BCUT2D eigenvalue weighted by Crippen LogP contribution is 2.30. The Labute approximate surface area is 163 Å². The average Bonchev–Trinajstić information content (AvgIpc) is 2.73. The quantitative estimate of drug-likeness (QED) is 0.326. The van der Waals surface area contributed by atoms with Crippen molar-refractivity contribution < 1.29 is 0 Å². The van der Waals surface area contributed by atoms with Crippen molar-refractivity contribution in [2.24, 2.45) is 4.99 Å². The summed E-state index contributed by atoms with van der Waals surface area (Å²) in [5, 5.41) is 5.69. The number of nitrogens with zero attached hydrogens (tertiary/aromatic N) is 1. The fourth-order valence-corrected chi connectivity index (χ4v) is 3.82. The number of hydrogen-bond donors (Lipinski definition) is 1. The molecule has 1 unspecified atom stereocenters. The fraction of sp³-hybridized carbons (Fsp3) is 0.0417. The summed E-state index contributed by atoms with van der Waals surface area (Å²) in [5.74, 6) is 0. The zero-order chi connectivity index (χ0) is 18.2. The molecular weight excluding hydrogens is 352 g/mol. The van der Waals surface area contributed by atoms with Crippen molar-refractivity contribution in [3.63, 3.8) is 0 Å². The number of nitrogens with one attached hydrogen (secondary N) is 1. The van der Waals surface area contributed by atoms with Crippen LogP contribution in [-0.4, -0.2) is 11.3 Å². The second-order valence-corrected chi connectivity index (χ2v) is 7.06. The summed E-state index contributed by atoms with van der Waals surface area (Å²) in [4.78, 5) is 4.65. The van der Waals surface area contributed by atoms with Crippen LogP contribution in [0.15, 0.2) is 96.0 Å². The SMILES string of the molecule is ClC1N=C(c2cccc(-c3ccc4ccccc4c3)c2)c2ccccc2N1. The summed E-state index contributed by atoms with van der Waals surface area (Å²) < 4.78 is 0. The van der Waals surface area contributed by atoms with Gasteiger partial charge < -0.3 is 5.32 Å². The Morgan fingerprint density at radius 2 is 1.41 bits per heavy atom. The zero-order valence-electron chi connectivity index (χ0n) is 14.6.